The summed E-state index contributed by atoms with van der Waals surface area (Å²) in [5.41, 5.74) is 12.7. The predicted octanol–water partition coefficient (Wildman–Crippen LogP) is 12.3. The van der Waals surface area contributed by atoms with Crippen LogP contribution in [0.3, 0.4) is 0 Å². The Morgan fingerprint density at radius 1 is 0.348 bits per heavy atom. The highest BCUT2D eigenvalue weighted by atomic mass is 15.1. The van der Waals surface area contributed by atoms with E-state index in [4.69, 9.17) is 0 Å². The van der Waals surface area contributed by atoms with Gasteiger partial charge in [0, 0.05) is 23.0 Å². The maximum Gasteiger partial charge on any atom is 0.0468 e. The second kappa shape index (κ2) is 10.9. The topological polar surface area (TPSA) is 3.24 Å². The molecular weight excluding hydrogens is 555 g/mol. The third kappa shape index (κ3) is 4.40. The Labute approximate surface area is 269 Å². The van der Waals surface area contributed by atoms with Crippen molar-refractivity contribution in [3.05, 3.63) is 199 Å². The van der Waals surface area contributed by atoms with Gasteiger partial charge in [0.2, 0.25) is 0 Å². The van der Waals surface area contributed by atoms with Crippen molar-refractivity contribution in [3.63, 3.8) is 0 Å². The molecule has 0 spiro atoms. The summed E-state index contributed by atoms with van der Waals surface area (Å²) >= 11 is 0. The molecule has 0 atom stereocenters. The molecule has 0 saturated heterocycles. The lowest BCUT2D eigenvalue weighted by Crippen LogP contribution is -2.09. The van der Waals surface area contributed by atoms with Crippen molar-refractivity contribution in [3.8, 4) is 22.3 Å². The summed E-state index contributed by atoms with van der Waals surface area (Å²) < 4.78 is 0. The lowest BCUT2D eigenvalue weighted by atomic mass is 9.88. The summed E-state index contributed by atoms with van der Waals surface area (Å²) in [6.45, 7) is 0. The Balaban J connectivity index is 1.07. The van der Waals surface area contributed by atoms with E-state index in [1.165, 1.54) is 60.5 Å². The number of anilines is 3. The Bertz CT molecular complexity index is 2310. The Hall–Kier alpha value is -5.92. The number of fused-ring (bicyclic) bond motifs is 6. The van der Waals surface area contributed by atoms with Crippen LogP contribution < -0.4 is 4.90 Å². The smallest absolute Gasteiger partial charge is 0.0468 e. The monoisotopic (exact) mass is 585 g/mol. The van der Waals surface area contributed by atoms with Crippen LogP contribution in [-0.2, 0) is 0 Å². The zero-order chi connectivity index (χ0) is 30.5. The third-order valence-electron chi connectivity index (χ3n) is 9.54. The quantitative estimate of drug-likeness (QED) is 0.182. The van der Waals surface area contributed by atoms with Gasteiger partial charge in [-0.2, -0.15) is 0 Å². The van der Waals surface area contributed by atoms with E-state index < -0.39 is 0 Å². The minimum absolute atomic E-state index is 0.266. The first-order valence-corrected chi connectivity index (χ1v) is 16.0. The minimum atomic E-state index is 0.266. The zero-order valence-corrected chi connectivity index (χ0v) is 25.3. The molecule has 8 aromatic carbocycles. The summed E-state index contributed by atoms with van der Waals surface area (Å²) in [4.78, 5) is 2.35. The Kier molecular flexibility index (Phi) is 6.28. The molecule has 0 radical (unpaired) electrons. The molecule has 0 N–H and O–H groups in total. The molecule has 0 fully saturated rings. The van der Waals surface area contributed by atoms with E-state index in [1.54, 1.807) is 0 Å². The van der Waals surface area contributed by atoms with Gasteiger partial charge >= 0.3 is 0 Å². The number of rotatable bonds is 5. The summed E-state index contributed by atoms with van der Waals surface area (Å²) in [5.74, 6) is 0.266. The normalized spacial score (nSPS) is 12.3. The molecule has 0 aliphatic heterocycles. The molecule has 1 aliphatic carbocycles. The van der Waals surface area contributed by atoms with Gasteiger partial charge in [0.15, 0.2) is 0 Å². The highest BCUT2D eigenvalue weighted by Gasteiger charge is 2.29. The average molecular weight is 586 g/mol. The SMILES string of the molecule is c1ccc(N(c2ccc(-c3ccc(C4c5ccccc5-c5ccccc54)cc3)cc2)c2ccc3ccc4ccccc4c3c2)cc1. The summed E-state index contributed by atoms with van der Waals surface area (Å²) in [6, 6.07) is 66.3. The fourth-order valence-electron chi connectivity index (χ4n) is 7.34. The number of hydrogen-bond acceptors (Lipinski definition) is 1. The molecule has 1 nitrogen and oxygen atoms in total. The van der Waals surface area contributed by atoms with Gasteiger partial charge in [-0.1, -0.05) is 146 Å². The molecule has 1 heteroatoms. The van der Waals surface area contributed by atoms with E-state index >= 15 is 0 Å². The average Bonchev–Trinajstić information content (AvgIpc) is 3.47. The standard InChI is InChI=1S/C45H31N/c1-2-11-36(12-3-1)46(38-29-26-34-21-20-33-10-4-5-13-39(33)44(34)30-38)37-27-24-32(25-28-37)31-18-22-35(23-19-31)45-42-16-8-6-14-40(42)41-15-7-9-17-43(41)45/h1-30,45H. The molecule has 216 valence electrons. The van der Waals surface area contributed by atoms with Gasteiger partial charge in [-0.25, -0.2) is 0 Å². The van der Waals surface area contributed by atoms with Crippen LogP contribution in [0.5, 0.6) is 0 Å². The first kappa shape index (κ1) is 26.5. The van der Waals surface area contributed by atoms with Gasteiger partial charge in [0.25, 0.3) is 0 Å². The second-order valence-electron chi connectivity index (χ2n) is 12.1. The van der Waals surface area contributed by atoms with Crippen LogP contribution >= 0.6 is 0 Å². The van der Waals surface area contributed by atoms with Gasteiger partial charge < -0.3 is 4.90 Å². The number of para-hydroxylation sites is 1. The fourth-order valence-corrected chi connectivity index (χ4v) is 7.34. The van der Waals surface area contributed by atoms with Crippen molar-refractivity contribution >= 4 is 38.6 Å². The molecule has 0 heterocycles. The van der Waals surface area contributed by atoms with E-state index in [-0.39, 0.29) is 5.92 Å². The lowest BCUT2D eigenvalue weighted by molar-refractivity contribution is 1.02. The van der Waals surface area contributed by atoms with Gasteiger partial charge in [0.1, 0.15) is 0 Å². The molecule has 8 aromatic rings. The predicted molar refractivity (Wildman–Crippen MR) is 194 cm³/mol. The Morgan fingerprint density at radius 3 is 1.54 bits per heavy atom. The van der Waals surface area contributed by atoms with E-state index in [0.717, 1.165) is 17.1 Å². The van der Waals surface area contributed by atoms with Crippen LogP contribution in [-0.4, -0.2) is 0 Å². The van der Waals surface area contributed by atoms with Crippen LogP contribution in [0.25, 0.3) is 43.8 Å². The van der Waals surface area contributed by atoms with Gasteiger partial charge in [-0.3, -0.25) is 0 Å². The number of benzene rings is 8. The van der Waals surface area contributed by atoms with Crippen molar-refractivity contribution in [2.75, 3.05) is 4.90 Å². The van der Waals surface area contributed by atoms with E-state index in [0.29, 0.717) is 0 Å². The third-order valence-corrected chi connectivity index (χ3v) is 9.54. The summed E-state index contributed by atoms with van der Waals surface area (Å²) in [5, 5.41) is 5.05. The van der Waals surface area contributed by atoms with Crippen molar-refractivity contribution in [1.29, 1.82) is 0 Å². The second-order valence-corrected chi connectivity index (χ2v) is 12.1. The lowest BCUT2D eigenvalue weighted by Gasteiger charge is -2.26. The molecule has 0 aromatic heterocycles. The molecule has 9 rings (SSSR count). The highest BCUT2D eigenvalue weighted by Crippen LogP contribution is 2.48. The molecular formula is C45H31N. The van der Waals surface area contributed by atoms with Crippen LogP contribution in [0.2, 0.25) is 0 Å². The molecule has 0 bridgehead atoms. The van der Waals surface area contributed by atoms with Gasteiger partial charge in [-0.05, 0) is 96.9 Å². The highest BCUT2D eigenvalue weighted by molar-refractivity contribution is 6.09. The minimum Gasteiger partial charge on any atom is -0.310 e. The number of nitrogens with zero attached hydrogens (tertiary/aromatic N) is 1. The van der Waals surface area contributed by atoms with Crippen LogP contribution in [0, 0.1) is 0 Å². The van der Waals surface area contributed by atoms with Crippen molar-refractivity contribution < 1.29 is 0 Å². The van der Waals surface area contributed by atoms with Crippen molar-refractivity contribution in [1.82, 2.24) is 0 Å². The molecule has 0 amide bonds. The fraction of sp³-hybridized carbons (Fsp3) is 0.0222. The van der Waals surface area contributed by atoms with Gasteiger partial charge in [-0.15, -0.1) is 0 Å². The summed E-state index contributed by atoms with van der Waals surface area (Å²) in [6.07, 6.45) is 0. The maximum atomic E-state index is 2.35. The van der Waals surface area contributed by atoms with Gasteiger partial charge in [0.05, 0.1) is 0 Å². The van der Waals surface area contributed by atoms with E-state index in [1.807, 2.05) is 0 Å². The maximum absolute atomic E-state index is 2.35. The van der Waals surface area contributed by atoms with Crippen LogP contribution in [0.1, 0.15) is 22.6 Å². The van der Waals surface area contributed by atoms with E-state index in [2.05, 4.69) is 187 Å². The Morgan fingerprint density at radius 2 is 0.848 bits per heavy atom. The zero-order valence-electron chi connectivity index (χ0n) is 25.3. The largest absolute Gasteiger partial charge is 0.310 e. The first-order chi connectivity index (χ1) is 22.8. The summed E-state index contributed by atoms with van der Waals surface area (Å²) in [7, 11) is 0. The van der Waals surface area contributed by atoms with E-state index in [9.17, 15) is 0 Å². The van der Waals surface area contributed by atoms with Crippen LogP contribution in [0.15, 0.2) is 182 Å². The molecule has 46 heavy (non-hydrogen) atoms. The number of hydrogen-bond donors (Lipinski definition) is 0. The molecule has 1 aliphatic rings. The van der Waals surface area contributed by atoms with Crippen molar-refractivity contribution in [2.45, 2.75) is 5.92 Å². The van der Waals surface area contributed by atoms with Crippen LogP contribution in [0.4, 0.5) is 17.1 Å². The molecule has 0 saturated carbocycles. The van der Waals surface area contributed by atoms with Crippen molar-refractivity contribution in [2.24, 2.45) is 0 Å². The molecule has 0 unspecified atom stereocenters. The first-order valence-electron chi connectivity index (χ1n) is 16.0.